The Hall–Kier alpha value is -2.42. The third kappa shape index (κ3) is 7.12. The Morgan fingerprint density at radius 1 is 1.03 bits per heavy atom. The lowest BCUT2D eigenvalue weighted by Gasteiger charge is -2.34. The average Bonchev–Trinajstić information content (AvgIpc) is 2.80. The summed E-state index contributed by atoms with van der Waals surface area (Å²) in [7, 11) is 0. The highest BCUT2D eigenvalue weighted by molar-refractivity contribution is 5.81. The van der Waals surface area contributed by atoms with E-state index in [0.717, 1.165) is 44.6 Å². The molecule has 2 aliphatic rings. The molecule has 0 aliphatic carbocycles. The first-order valence-corrected chi connectivity index (χ1v) is 11.3. The Morgan fingerprint density at radius 2 is 1.77 bits per heavy atom. The van der Waals surface area contributed by atoms with Gasteiger partial charge >= 0.3 is 0 Å². The number of hydrogen-bond donors (Lipinski definition) is 2. The number of rotatable bonds is 8. The van der Waals surface area contributed by atoms with Gasteiger partial charge in [0.1, 0.15) is 0 Å². The molecule has 0 aromatic carbocycles. The van der Waals surface area contributed by atoms with Gasteiger partial charge in [0.05, 0.1) is 6.54 Å². The number of nitrogens with zero attached hydrogens (tertiary/aromatic N) is 6. The van der Waals surface area contributed by atoms with Crippen molar-refractivity contribution in [2.75, 3.05) is 70.3 Å². The Kier molecular flexibility index (Phi) is 9.14. The number of aromatic nitrogens is 2. The summed E-state index contributed by atoms with van der Waals surface area (Å²) in [5.41, 5.74) is 0. The Balaban J connectivity index is 1.35. The second-order valence-corrected chi connectivity index (χ2v) is 7.76. The van der Waals surface area contributed by atoms with Gasteiger partial charge in [-0.15, -0.1) is 0 Å². The zero-order valence-corrected chi connectivity index (χ0v) is 18.2. The second-order valence-electron chi connectivity index (χ2n) is 7.76. The Bertz CT molecular complexity index is 654. The van der Waals surface area contributed by atoms with Crippen molar-refractivity contribution < 1.29 is 4.79 Å². The molecule has 2 saturated heterocycles. The van der Waals surface area contributed by atoms with Gasteiger partial charge in [0.2, 0.25) is 11.9 Å². The molecule has 0 saturated carbocycles. The maximum absolute atomic E-state index is 12.6. The van der Waals surface area contributed by atoms with Crippen LogP contribution in [0.2, 0.25) is 0 Å². The van der Waals surface area contributed by atoms with Gasteiger partial charge in [-0.25, -0.2) is 9.97 Å². The first-order valence-electron chi connectivity index (χ1n) is 11.3. The van der Waals surface area contributed by atoms with E-state index in [4.69, 9.17) is 0 Å². The van der Waals surface area contributed by atoms with Crippen LogP contribution in [-0.4, -0.2) is 97.1 Å². The van der Waals surface area contributed by atoms with Crippen molar-refractivity contribution in [2.24, 2.45) is 4.99 Å². The van der Waals surface area contributed by atoms with E-state index in [1.54, 1.807) is 12.4 Å². The topological polar surface area (TPSA) is 89.0 Å². The molecule has 2 aliphatic heterocycles. The third-order valence-corrected chi connectivity index (χ3v) is 5.58. The van der Waals surface area contributed by atoms with Crippen molar-refractivity contribution in [1.82, 2.24) is 30.4 Å². The second kappa shape index (κ2) is 12.3. The fourth-order valence-corrected chi connectivity index (χ4v) is 3.88. The summed E-state index contributed by atoms with van der Waals surface area (Å²) in [5, 5.41) is 6.58. The van der Waals surface area contributed by atoms with Gasteiger partial charge in [-0.05, 0) is 38.9 Å². The van der Waals surface area contributed by atoms with Gasteiger partial charge in [0.15, 0.2) is 5.96 Å². The van der Waals surface area contributed by atoms with E-state index in [1.807, 2.05) is 11.0 Å². The number of amides is 1. The van der Waals surface area contributed by atoms with Crippen LogP contribution < -0.4 is 15.5 Å². The van der Waals surface area contributed by atoms with Crippen LogP contribution in [0.15, 0.2) is 23.5 Å². The molecule has 9 heteroatoms. The molecule has 9 nitrogen and oxygen atoms in total. The standard InChI is InChI=1S/C21H36N8O/c1-2-22-20(24-11-14-27-12-4-3-5-13-27)23-10-7-19(30)28-15-17-29(18-16-28)21-25-8-6-9-26-21/h6,8-9H,2-5,7,10-18H2,1H3,(H2,22,23,24). The number of anilines is 1. The number of hydrogen-bond acceptors (Lipinski definition) is 6. The van der Waals surface area contributed by atoms with Crippen LogP contribution in [0, 0.1) is 0 Å². The monoisotopic (exact) mass is 416 g/mol. The summed E-state index contributed by atoms with van der Waals surface area (Å²) in [5.74, 6) is 1.72. The van der Waals surface area contributed by atoms with E-state index in [1.165, 1.54) is 32.4 Å². The van der Waals surface area contributed by atoms with Crippen molar-refractivity contribution in [3.05, 3.63) is 18.5 Å². The number of piperidine rings is 1. The maximum atomic E-state index is 12.6. The van der Waals surface area contributed by atoms with Gasteiger partial charge in [0, 0.05) is 64.6 Å². The first-order chi connectivity index (χ1) is 14.8. The van der Waals surface area contributed by atoms with E-state index in [2.05, 4.69) is 42.3 Å². The van der Waals surface area contributed by atoms with E-state index in [-0.39, 0.29) is 5.91 Å². The number of likely N-dealkylation sites (tertiary alicyclic amines) is 1. The highest BCUT2D eigenvalue weighted by Crippen LogP contribution is 2.10. The molecule has 1 aromatic heterocycles. The number of piperazine rings is 1. The van der Waals surface area contributed by atoms with E-state index in [9.17, 15) is 4.79 Å². The van der Waals surface area contributed by atoms with Crippen LogP contribution in [-0.2, 0) is 4.79 Å². The SMILES string of the molecule is CCNC(=NCCN1CCCCC1)NCCC(=O)N1CCN(c2ncccn2)CC1. The zero-order valence-electron chi connectivity index (χ0n) is 18.2. The van der Waals surface area contributed by atoms with Crippen LogP contribution in [0.5, 0.6) is 0 Å². The molecule has 3 heterocycles. The highest BCUT2D eigenvalue weighted by Gasteiger charge is 2.22. The molecule has 0 bridgehead atoms. The van der Waals surface area contributed by atoms with Crippen LogP contribution in [0.25, 0.3) is 0 Å². The molecule has 1 aromatic rings. The van der Waals surface area contributed by atoms with Gasteiger partial charge in [0.25, 0.3) is 0 Å². The highest BCUT2D eigenvalue weighted by atomic mass is 16.2. The van der Waals surface area contributed by atoms with Crippen LogP contribution >= 0.6 is 0 Å². The summed E-state index contributed by atoms with van der Waals surface area (Å²) in [4.78, 5) is 32.4. The number of carbonyl (C=O) groups is 1. The van der Waals surface area contributed by atoms with Crippen molar-refractivity contribution >= 4 is 17.8 Å². The molecule has 0 spiro atoms. The minimum atomic E-state index is 0.181. The lowest BCUT2D eigenvalue weighted by Crippen LogP contribution is -2.50. The quantitative estimate of drug-likeness (QED) is 0.473. The van der Waals surface area contributed by atoms with Gasteiger partial charge in [-0.1, -0.05) is 6.42 Å². The number of aliphatic imine (C=N–C) groups is 1. The molecule has 0 atom stereocenters. The molecular weight excluding hydrogens is 380 g/mol. The Morgan fingerprint density at radius 3 is 2.47 bits per heavy atom. The molecule has 3 rings (SSSR count). The first kappa shape index (κ1) is 22.3. The molecule has 2 fully saturated rings. The summed E-state index contributed by atoms with van der Waals surface area (Å²) in [6, 6.07) is 1.81. The average molecular weight is 417 g/mol. The molecule has 0 radical (unpaired) electrons. The lowest BCUT2D eigenvalue weighted by atomic mass is 10.1. The van der Waals surface area contributed by atoms with Gasteiger partial charge in [-0.3, -0.25) is 9.79 Å². The molecule has 166 valence electrons. The molecule has 1 amide bonds. The number of nitrogens with one attached hydrogen (secondary N) is 2. The minimum absolute atomic E-state index is 0.181. The predicted octanol–water partition coefficient (Wildman–Crippen LogP) is 0.556. The van der Waals surface area contributed by atoms with E-state index in [0.29, 0.717) is 26.1 Å². The van der Waals surface area contributed by atoms with Crippen LogP contribution in [0.1, 0.15) is 32.6 Å². The van der Waals surface area contributed by atoms with Gasteiger partial charge in [-0.2, -0.15) is 0 Å². The van der Waals surface area contributed by atoms with Crippen molar-refractivity contribution in [3.8, 4) is 0 Å². The van der Waals surface area contributed by atoms with Crippen molar-refractivity contribution in [3.63, 3.8) is 0 Å². The van der Waals surface area contributed by atoms with E-state index >= 15 is 0 Å². The lowest BCUT2D eigenvalue weighted by molar-refractivity contribution is -0.131. The van der Waals surface area contributed by atoms with Crippen LogP contribution in [0.3, 0.4) is 0 Å². The van der Waals surface area contributed by atoms with Crippen molar-refractivity contribution in [2.45, 2.75) is 32.6 Å². The zero-order chi connectivity index (χ0) is 21.0. The largest absolute Gasteiger partial charge is 0.357 e. The molecule has 0 unspecified atom stereocenters. The summed E-state index contributed by atoms with van der Waals surface area (Å²) >= 11 is 0. The molecule has 2 N–H and O–H groups in total. The van der Waals surface area contributed by atoms with E-state index < -0.39 is 0 Å². The van der Waals surface area contributed by atoms with Gasteiger partial charge < -0.3 is 25.3 Å². The predicted molar refractivity (Wildman–Crippen MR) is 120 cm³/mol. The number of carbonyl (C=O) groups excluding carboxylic acids is 1. The number of guanidine groups is 1. The minimum Gasteiger partial charge on any atom is -0.357 e. The molecular formula is C21H36N8O. The fraction of sp³-hybridized carbons (Fsp3) is 0.714. The smallest absolute Gasteiger partial charge is 0.225 e. The summed E-state index contributed by atoms with van der Waals surface area (Å²) < 4.78 is 0. The summed E-state index contributed by atoms with van der Waals surface area (Å²) in [6.45, 7) is 10.6. The molecule has 30 heavy (non-hydrogen) atoms. The third-order valence-electron chi connectivity index (χ3n) is 5.58. The maximum Gasteiger partial charge on any atom is 0.225 e. The Labute approximate surface area is 179 Å². The normalized spacial score (nSPS) is 18.4. The fourth-order valence-electron chi connectivity index (χ4n) is 3.88. The summed E-state index contributed by atoms with van der Waals surface area (Å²) in [6.07, 6.45) is 7.93. The van der Waals surface area contributed by atoms with Crippen LogP contribution in [0.4, 0.5) is 5.95 Å². The van der Waals surface area contributed by atoms with Crippen molar-refractivity contribution in [1.29, 1.82) is 0 Å².